The van der Waals surface area contributed by atoms with Gasteiger partial charge in [-0.05, 0) is 47.1 Å². The van der Waals surface area contributed by atoms with Crippen molar-refractivity contribution in [1.82, 2.24) is 29.1 Å². The highest BCUT2D eigenvalue weighted by Crippen LogP contribution is 2.28. The lowest BCUT2D eigenvalue weighted by molar-refractivity contribution is 0.418. The Labute approximate surface area is 149 Å². The molecule has 0 aromatic carbocycles. The Morgan fingerprint density at radius 1 is 1.12 bits per heavy atom. The average molecular weight is 340 g/mol. The maximum Gasteiger partial charge on any atom is 0.0951 e. The fourth-order valence-corrected chi connectivity index (χ4v) is 3.63. The predicted octanol–water partition coefficient (Wildman–Crippen LogP) is 3.85. The van der Waals surface area contributed by atoms with E-state index in [1.54, 1.807) is 0 Å². The summed E-state index contributed by atoms with van der Waals surface area (Å²) in [7, 11) is 0. The molecule has 0 radical (unpaired) electrons. The van der Waals surface area contributed by atoms with Crippen LogP contribution < -0.4 is 0 Å². The maximum absolute atomic E-state index is 4.71. The Bertz CT molecular complexity index is 867. The van der Waals surface area contributed by atoms with E-state index in [-0.39, 0.29) is 6.04 Å². The van der Waals surface area contributed by atoms with Crippen molar-refractivity contribution in [3.8, 4) is 11.3 Å². The molecular weight excluding hydrogens is 312 g/mol. The van der Waals surface area contributed by atoms with E-state index in [2.05, 4.69) is 64.7 Å². The van der Waals surface area contributed by atoms with E-state index in [1.807, 2.05) is 19.4 Å². The average Bonchev–Trinajstić information content (AvgIpc) is 3.19. The Kier molecular flexibility index (Phi) is 4.79. The lowest BCUT2D eigenvalue weighted by Gasteiger charge is -2.17. The highest BCUT2D eigenvalue weighted by molar-refractivity contribution is 5.64. The molecule has 3 heterocycles. The highest BCUT2D eigenvalue weighted by atomic mass is 15.3. The molecule has 0 aliphatic rings. The van der Waals surface area contributed by atoms with Crippen LogP contribution in [0, 0.1) is 27.7 Å². The molecule has 0 N–H and O–H groups in total. The molecule has 0 fully saturated rings. The van der Waals surface area contributed by atoms with Gasteiger partial charge < -0.3 is 4.57 Å². The number of aryl methyl sites for hydroxylation is 4. The fourth-order valence-electron chi connectivity index (χ4n) is 3.63. The first-order valence-electron chi connectivity index (χ1n) is 8.99. The third-order valence-electron chi connectivity index (χ3n) is 4.71. The molecule has 0 aliphatic heterocycles. The number of imidazole rings is 1. The van der Waals surface area contributed by atoms with Crippen molar-refractivity contribution in [2.45, 2.75) is 67.1 Å². The Hall–Kier alpha value is -2.37. The molecule has 25 heavy (non-hydrogen) atoms. The topological polar surface area (TPSA) is 53.5 Å². The Morgan fingerprint density at radius 2 is 1.88 bits per heavy atom. The molecule has 3 aromatic rings. The second-order valence-electron chi connectivity index (χ2n) is 6.92. The molecule has 0 saturated carbocycles. The molecular formula is C19H28N6. The number of aromatic nitrogens is 6. The summed E-state index contributed by atoms with van der Waals surface area (Å²) in [5.74, 6) is 0. The van der Waals surface area contributed by atoms with Gasteiger partial charge in [-0.25, -0.2) is 4.98 Å². The van der Waals surface area contributed by atoms with Crippen LogP contribution in [0.15, 0.2) is 18.6 Å². The van der Waals surface area contributed by atoms with E-state index in [1.165, 1.54) is 17.0 Å². The van der Waals surface area contributed by atoms with Crippen LogP contribution >= 0.6 is 0 Å². The first-order chi connectivity index (χ1) is 11.9. The minimum Gasteiger partial charge on any atom is -0.328 e. The summed E-state index contributed by atoms with van der Waals surface area (Å²) in [6.45, 7) is 14.5. The molecule has 6 nitrogen and oxygen atoms in total. The van der Waals surface area contributed by atoms with E-state index in [9.17, 15) is 0 Å². The third kappa shape index (κ3) is 3.25. The summed E-state index contributed by atoms with van der Waals surface area (Å²) in [5.41, 5.74) is 6.85. The van der Waals surface area contributed by atoms with Crippen LogP contribution in [-0.4, -0.2) is 29.1 Å². The van der Waals surface area contributed by atoms with Crippen LogP contribution in [0.4, 0.5) is 0 Å². The van der Waals surface area contributed by atoms with Gasteiger partial charge in [-0.1, -0.05) is 6.92 Å². The van der Waals surface area contributed by atoms with Gasteiger partial charge >= 0.3 is 0 Å². The summed E-state index contributed by atoms with van der Waals surface area (Å²) in [6.07, 6.45) is 4.93. The zero-order chi connectivity index (χ0) is 18.1. The molecule has 0 amide bonds. The first kappa shape index (κ1) is 17.5. The zero-order valence-corrected chi connectivity index (χ0v) is 16.1. The lowest BCUT2D eigenvalue weighted by atomic mass is 10.1. The van der Waals surface area contributed by atoms with Gasteiger partial charge in [0.25, 0.3) is 0 Å². The van der Waals surface area contributed by atoms with E-state index in [4.69, 9.17) is 5.10 Å². The van der Waals surface area contributed by atoms with Gasteiger partial charge in [-0.2, -0.15) is 10.2 Å². The van der Waals surface area contributed by atoms with Crippen LogP contribution in [0.25, 0.3) is 11.3 Å². The van der Waals surface area contributed by atoms with Crippen LogP contribution in [0.1, 0.15) is 49.1 Å². The summed E-state index contributed by atoms with van der Waals surface area (Å²) in [5, 5.41) is 9.33. The SMILES string of the molecule is CCCn1nc(C)c(-c2cncn2CC(C)n2nc(C)cc2C)c1C. The second-order valence-corrected chi connectivity index (χ2v) is 6.92. The first-order valence-corrected chi connectivity index (χ1v) is 8.99. The van der Waals surface area contributed by atoms with Crippen molar-refractivity contribution >= 4 is 0 Å². The van der Waals surface area contributed by atoms with Gasteiger partial charge in [0, 0.05) is 30.0 Å². The van der Waals surface area contributed by atoms with Crippen molar-refractivity contribution in [3.63, 3.8) is 0 Å². The van der Waals surface area contributed by atoms with Crippen LogP contribution in [0.3, 0.4) is 0 Å². The lowest BCUT2D eigenvalue weighted by Crippen LogP contribution is -2.16. The molecule has 3 aromatic heterocycles. The smallest absolute Gasteiger partial charge is 0.0951 e. The van der Waals surface area contributed by atoms with Gasteiger partial charge in [0.05, 0.1) is 35.6 Å². The van der Waals surface area contributed by atoms with Gasteiger partial charge in [0.2, 0.25) is 0 Å². The summed E-state index contributed by atoms with van der Waals surface area (Å²) < 4.78 is 6.42. The third-order valence-corrected chi connectivity index (χ3v) is 4.71. The molecule has 0 aliphatic carbocycles. The summed E-state index contributed by atoms with van der Waals surface area (Å²) in [6, 6.07) is 2.38. The quantitative estimate of drug-likeness (QED) is 0.685. The predicted molar refractivity (Wildman–Crippen MR) is 99.6 cm³/mol. The number of hydrogen-bond donors (Lipinski definition) is 0. The maximum atomic E-state index is 4.71. The molecule has 1 atom stereocenters. The van der Waals surface area contributed by atoms with Crippen LogP contribution in [-0.2, 0) is 13.1 Å². The van der Waals surface area contributed by atoms with Gasteiger partial charge in [-0.15, -0.1) is 0 Å². The summed E-state index contributed by atoms with van der Waals surface area (Å²) in [4.78, 5) is 4.41. The fraction of sp³-hybridized carbons (Fsp3) is 0.526. The minimum atomic E-state index is 0.257. The number of hydrogen-bond acceptors (Lipinski definition) is 3. The van der Waals surface area contributed by atoms with Gasteiger partial charge in [0.15, 0.2) is 0 Å². The van der Waals surface area contributed by atoms with Crippen LogP contribution in [0.5, 0.6) is 0 Å². The Balaban J connectivity index is 1.92. The highest BCUT2D eigenvalue weighted by Gasteiger charge is 2.18. The minimum absolute atomic E-state index is 0.257. The van der Waals surface area contributed by atoms with Crippen molar-refractivity contribution in [3.05, 3.63) is 41.4 Å². The Morgan fingerprint density at radius 3 is 2.52 bits per heavy atom. The van der Waals surface area contributed by atoms with Crippen LogP contribution in [0.2, 0.25) is 0 Å². The molecule has 0 bridgehead atoms. The largest absolute Gasteiger partial charge is 0.328 e. The van der Waals surface area contributed by atoms with Crippen molar-refractivity contribution in [1.29, 1.82) is 0 Å². The number of nitrogens with zero attached hydrogens (tertiary/aromatic N) is 6. The van der Waals surface area contributed by atoms with Crippen molar-refractivity contribution in [2.24, 2.45) is 0 Å². The molecule has 0 saturated heterocycles. The molecule has 134 valence electrons. The van der Waals surface area contributed by atoms with Gasteiger partial charge in [0.1, 0.15) is 0 Å². The zero-order valence-electron chi connectivity index (χ0n) is 16.1. The second kappa shape index (κ2) is 6.86. The number of rotatable bonds is 6. The molecule has 0 spiro atoms. The van der Waals surface area contributed by atoms with Gasteiger partial charge in [-0.3, -0.25) is 9.36 Å². The van der Waals surface area contributed by atoms with Crippen molar-refractivity contribution in [2.75, 3.05) is 0 Å². The van der Waals surface area contributed by atoms with Crippen molar-refractivity contribution < 1.29 is 0 Å². The van der Waals surface area contributed by atoms with E-state index < -0.39 is 0 Å². The molecule has 3 rings (SSSR count). The summed E-state index contributed by atoms with van der Waals surface area (Å²) >= 11 is 0. The van der Waals surface area contributed by atoms with E-state index in [0.717, 1.165) is 36.6 Å². The molecule has 1 unspecified atom stereocenters. The normalized spacial score (nSPS) is 12.7. The monoisotopic (exact) mass is 340 g/mol. The standard InChI is InChI=1S/C19H28N6/c1-7-8-24-17(6)19(16(5)22-24)18-10-20-12-23(18)11-15(4)25-14(3)9-13(2)21-25/h9-10,12,15H,7-8,11H2,1-6H3. The van der Waals surface area contributed by atoms with E-state index >= 15 is 0 Å². The molecule has 6 heteroatoms. The van der Waals surface area contributed by atoms with E-state index in [0.29, 0.717) is 0 Å².